The Kier molecular flexibility index (Phi) is 5.25. The third kappa shape index (κ3) is 4.22. The number of benzene rings is 1. The number of hydrogen-bond donors (Lipinski definition) is 1. The molecule has 23 heavy (non-hydrogen) atoms. The topological polar surface area (TPSA) is 81.9 Å². The number of thioether (sulfide) groups is 1. The average molecular weight is 335 g/mol. The lowest BCUT2D eigenvalue weighted by molar-refractivity contribution is -0.115. The molecule has 0 bridgehead atoms. The number of amides is 1. The van der Waals surface area contributed by atoms with Crippen molar-refractivity contribution in [3.8, 4) is 5.75 Å². The SMILES string of the molecule is COc1ccccc1NC(=O)[C@H](C)Sc1nnnn1C(C)(C)C. The van der Waals surface area contributed by atoms with Crippen LogP contribution in [0.2, 0.25) is 0 Å². The molecule has 1 aromatic heterocycles. The first kappa shape index (κ1) is 17.3. The molecule has 0 spiro atoms. The standard InChI is InChI=1S/C15H21N5O2S/c1-10(23-14-17-18-19-20(14)15(2,3)4)13(21)16-11-8-6-7-9-12(11)22-5/h6-10H,1-5H3,(H,16,21)/t10-/m0/s1. The molecule has 1 amide bonds. The molecule has 124 valence electrons. The van der Waals surface area contributed by atoms with Crippen LogP contribution < -0.4 is 10.1 Å². The van der Waals surface area contributed by atoms with Crippen LogP contribution in [0.3, 0.4) is 0 Å². The van der Waals surface area contributed by atoms with Crippen molar-refractivity contribution < 1.29 is 9.53 Å². The number of anilines is 1. The maximum atomic E-state index is 12.4. The quantitative estimate of drug-likeness (QED) is 0.846. The second kappa shape index (κ2) is 6.99. The van der Waals surface area contributed by atoms with Crippen LogP contribution in [0.25, 0.3) is 0 Å². The zero-order valence-corrected chi connectivity index (χ0v) is 14.7. The number of hydrogen-bond acceptors (Lipinski definition) is 6. The van der Waals surface area contributed by atoms with Gasteiger partial charge in [-0.2, -0.15) is 0 Å². The largest absolute Gasteiger partial charge is 0.495 e. The first-order valence-electron chi connectivity index (χ1n) is 7.22. The van der Waals surface area contributed by atoms with Gasteiger partial charge in [0.25, 0.3) is 0 Å². The number of aromatic nitrogens is 4. The van der Waals surface area contributed by atoms with E-state index in [0.717, 1.165) is 0 Å². The molecule has 2 aromatic rings. The number of ether oxygens (including phenoxy) is 1. The Bertz CT molecular complexity index is 681. The van der Waals surface area contributed by atoms with E-state index in [1.165, 1.54) is 11.8 Å². The summed E-state index contributed by atoms with van der Waals surface area (Å²) in [7, 11) is 1.57. The van der Waals surface area contributed by atoms with E-state index < -0.39 is 0 Å². The Hall–Kier alpha value is -2.09. The molecule has 0 aliphatic heterocycles. The number of nitrogens with zero attached hydrogens (tertiary/aromatic N) is 4. The third-order valence-electron chi connectivity index (χ3n) is 3.09. The predicted octanol–water partition coefficient (Wildman–Crippen LogP) is 2.56. The van der Waals surface area contributed by atoms with Gasteiger partial charge in [-0.1, -0.05) is 23.9 Å². The molecular weight excluding hydrogens is 314 g/mol. The number of carbonyl (C=O) groups is 1. The van der Waals surface area contributed by atoms with Crippen LogP contribution in [-0.4, -0.2) is 38.5 Å². The monoisotopic (exact) mass is 335 g/mol. The van der Waals surface area contributed by atoms with Gasteiger partial charge < -0.3 is 10.1 Å². The Balaban J connectivity index is 2.08. The van der Waals surface area contributed by atoms with Crippen LogP contribution in [-0.2, 0) is 10.3 Å². The molecule has 1 N–H and O–H groups in total. The molecular formula is C15H21N5O2S. The van der Waals surface area contributed by atoms with E-state index in [0.29, 0.717) is 16.6 Å². The van der Waals surface area contributed by atoms with Crippen molar-refractivity contribution in [2.24, 2.45) is 0 Å². The van der Waals surface area contributed by atoms with Gasteiger partial charge >= 0.3 is 0 Å². The highest BCUT2D eigenvalue weighted by molar-refractivity contribution is 8.00. The Morgan fingerprint density at radius 3 is 2.70 bits per heavy atom. The number of carbonyl (C=O) groups excluding carboxylic acids is 1. The van der Waals surface area contributed by atoms with Crippen molar-refractivity contribution in [3.63, 3.8) is 0 Å². The van der Waals surface area contributed by atoms with Crippen LogP contribution in [0.5, 0.6) is 5.75 Å². The van der Waals surface area contributed by atoms with Crippen LogP contribution in [0.4, 0.5) is 5.69 Å². The molecule has 1 aromatic carbocycles. The lowest BCUT2D eigenvalue weighted by atomic mass is 10.1. The fourth-order valence-corrected chi connectivity index (χ4v) is 2.84. The van der Waals surface area contributed by atoms with Gasteiger partial charge in [-0.05, 0) is 50.3 Å². The smallest absolute Gasteiger partial charge is 0.237 e. The second-order valence-corrected chi connectivity index (χ2v) is 7.30. The minimum Gasteiger partial charge on any atom is -0.495 e. The summed E-state index contributed by atoms with van der Waals surface area (Å²) >= 11 is 1.32. The minimum absolute atomic E-state index is 0.136. The zero-order valence-electron chi connectivity index (χ0n) is 13.9. The summed E-state index contributed by atoms with van der Waals surface area (Å²) in [6.45, 7) is 7.84. The van der Waals surface area contributed by atoms with Gasteiger partial charge in [-0.25, -0.2) is 4.68 Å². The number of para-hydroxylation sites is 2. The highest BCUT2D eigenvalue weighted by atomic mass is 32.2. The number of tetrazole rings is 1. The Morgan fingerprint density at radius 1 is 1.35 bits per heavy atom. The molecule has 0 aliphatic rings. The van der Waals surface area contributed by atoms with Gasteiger partial charge in [-0.15, -0.1) is 5.10 Å². The fourth-order valence-electron chi connectivity index (χ4n) is 1.87. The molecule has 1 atom stereocenters. The van der Waals surface area contributed by atoms with Crippen molar-refractivity contribution in [2.45, 2.75) is 43.6 Å². The van der Waals surface area contributed by atoms with Gasteiger partial charge in [0.2, 0.25) is 11.1 Å². The summed E-state index contributed by atoms with van der Waals surface area (Å²) in [6.07, 6.45) is 0. The van der Waals surface area contributed by atoms with Gasteiger partial charge in [0.1, 0.15) is 5.75 Å². The van der Waals surface area contributed by atoms with Crippen LogP contribution in [0.15, 0.2) is 29.4 Å². The van der Waals surface area contributed by atoms with E-state index in [9.17, 15) is 4.79 Å². The van der Waals surface area contributed by atoms with Crippen LogP contribution in [0.1, 0.15) is 27.7 Å². The molecule has 0 radical (unpaired) electrons. The first-order chi connectivity index (χ1) is 10.8. The van der Waals surface area contributed by atoms with E-state index in [2.05, 4.69) is 20.8 Å². The summed E-state index contributed by atoms with van der Waals surface area (Å²) in [5.41, 5.74) is 0.396. The van der Waals surface area contributed by atoms with E-state index in [-0.39, 0.29) is 16.7 Å². The summed E-state index contributed by atoms with van der Waals surface area (Å²) in [6, 6.07) is 7.29. The maximum Gasteiger partial charge on any atom is 0.237 e. The number of rotatable bonds is 5. The van der Waals surface area contributed by atoms with Crippen molar-refractivity contribution in [2.75, 3.05) is 12.4 Å². The molecule has 2 rings (SSSR count). The molecule has 0 saturated carbocycles. The van der Waals surface area contributed by atoms with Crippen molar-refractivity contribution in [1.82, 2.24) is 20.2 Å². The summed E-state index contributed by atoms with van der Waals surface area (Å²) in [5.74, 6) is 0.487. The highest BCUT2D eigenvalue weighted by Gasteiger charge is 2.24. The van der Waals surface area contributed by atoms with Gasteiger partial charge in [-0.3, -0.25) is 4.79 Å². The second-order valence-electron chi connectivity index (χ2n) is 5.99. The number of nitrogens with one attached hydrogen (secondary N) is 1. The van der Waals surface area contributed by atoms with Crippen LogP contribution >= 0.6 is 11.8 Å². The van der Waals surface area contributed by atoms with Crippen molar-refractivity contribution in [3.05, 3.63) is 24.3 Å². The summed E-state index contributed by atoms with van der Waals surface area (Å²) in [4.78, 5) is 12.4. The average Bonchev–Trinajstić information content (AvgIpc) is 2.96. The summed E-state index contributed by atoms with van der Waals surface area (Å²) in [5, 5.41) is 14.8. The predicted molar refractivity (Wildman–Crippen MR) is 89.8 cm³/mol. The Labute approximate surface area is 139 Å². The molecule has 0 aliphatic carbocycles. The molecule has 8 heteroatoms. The van der Waals surface area contributed by atoms with Crippen molar-refractivity contribution >= 4 is 23.4 Å². The highest BCUT2D eigenvalue weighted by Crippen LogP contribution is 2.27. The van der Waals surface area contributed by atoms with Crippen molar-refractivity contribution in [1.29, 1.82) is 0 Å². The normalized spacial score (nSPS) is 12.7. The molecule has 0 unspecified atom stereocenters. The number of methoxy groups -OCH3 is 1. The van der Waals surface area contributed by atoms with Gasteiger partial charge in [0, 0.05) is 0 Å². The van der Waals surface area contributed by atoms with Gasteiger partial charge in [0.05, 0.1) is 23.6 Å². The molecule has 7 nitrogen and oxygen atoms in total. The lowest BCUT2D eigenvalue weighted by Gasteiger charge is -2.20. The van der Waals surface area contributed by atoms with E-state index in [1.54, 1.807) is 23.9 Å². The first-order valence-corrected chi connectivity index (χ1v) is 8.10. The fraction of sp³-hybridized carbons (Fsp3) is 0.467. The van der Waals surface area contributed by atoms with Crippen LogP contribution in [0, 0.1) is 0 Å². The minimum atomic E-state index is -0.355. The van der Waals surface area contributed by atoms with E-state index >= 15 is 0 Å². The third-order valence-corrected chi connectivity index (χ3v) is 4.13. The zero-order chi connectivity index (χ0) is 17.0. The lowest BCUT2D eigenvalue weighted by Crippen LogP contribution is -2.27. The Morgan fingerprint density at radius 2 is 2.04 bits per heavy atom. The molecule has 0 fully saturated rings. The maximum absolute atomic E-state index is 12.4. The summed E-state index contributed by atoms with van der Waals surface area (Å²) < 4.78 is 6.95. The van der Waals surface area contributed by atoms with E-state index in [1.807, 2.05) is 39.8 Å². The van der Waals surface area contributed by atoms with E-state index in [4.69, 9.17) is 4.74 Å². The molecule has 1 heterocycles. The van der Waals surface area contributed by atoms with Gasteiger partial charge in [0.15, 0.2) is 0 Å². The molecule has 0 saturated heterocycles.